The fraction of sp³-hybridized carbons (Fsp3) is 0.500. The van der Waals surface area contributed by atoms with Crippen LogP contribution < -0.4 is 11.1 Å². The molecule has 11 heavy (non-hydrogen) atoms. The summed E-state index contributed by atoms with van der Waals surface area (Å²) in [5.74, 6) is 0. The molecule has 5 heteroatoms. The van der Waals surface area contributed by atoms with Gasteiger partial charge in [-0.05, 0) is 6.42 Å². The highest BCUT2D eigenvalue weighted by molar-refractivity contribution is 7.19. The maximum Gasteiger partial charge on any atom is 0.184 e. The number of aromatic nitrogens is 1. The third kappa shape index (κ3) is 2.71. The van der Waals surface area contributed by atoms with Crippen LogP contribution in [0.25, 0.3) is 0 Å². The quantitative estimate of drug-likeness (QED) is 0.682. The second-order valence-corrected chi connectivity index (χ2v) is 3.10. The van der Waals surface area contributed by atoms with Crippen molar-refractivity contribution >= 4 is 21.5 Å². The predicted octanol–water partition coefficient (Wildman–Crippen LogP) is 1.50. The number of hydrogen-bond donors (Lipinski definition) is 2. The molecule has 0 radical (unpaired) electrons. The van der Waals surface area contributed by atoms with Crippen LogP contribution in [0.2, 0.25) is 0 Å². The Labute approximate surface area is 68.4 Å². The second kappa shape index (κ2) is 4.12. The molecule has 0 atom stereocenters. The molecule has 1 heterocycles. The second-order valence-electron chi connectivity index (χ2n) is 2.04. The molecule has 0 aliphatic rings. The lowest BCUT2D eigenvalue weighted by molar-refractivity contribution is 0.481. The highest BCUT2D eigenvalue weighted by Gasteiger charge is 1.95. The Balaban J connectivity index is 2.27. The first kappa shape index (κ1) is 8.26. The van der Waals surface area contributed by atoms with E-state index in [-0.39, 0.29) is 6.67 Å². The largest absolute Gasteiger partial charge is 0.389 e. The average molecular weight is 175 g/mol. The summed E-state index contributed by atoms with van der Waals surface area (Å²) in [4.78, 5) is 3.95. The lowest BCUT2D eigenvalue weighted by Crippen LogP contribution is -2.00. The molecular weight excluding hydrogens is 165 g/mol. The summed E-state index contributed by atoms with van der Waals surface area (Å²) in [6.45, 7) is 0.317. The van der Waals surface area contributed by atoms with Crippen molar-refractivity contribution in [1.82, 2.24) is 4.98 Å². The van der Waals surface area contributed by atoms with Crippen LogP contribution in [0.3, 0.4) is 0 Å². The number of alkyl halides is 1. The first-order chi connectivity index (χ1) is 5.33. The molecule has 0 bridgehead atoms. The van der Waals surface area contributed by atoms with Crippen molar-refractivity contribution in [3.05, 3.63) is 6.20 Å². The Morgan fingerprint density at radius 1 is 1.73 bits per heavy atom. The lowest BCUT2D eigenvalue weighted by atomic mass is 10.5. The number of nitrogens with zero attached hydrogens (tertiary/aromatic N) is 1. The van der Waals surface area contributed by atoms with E-state index in [0.29, 0.717) is 18.0 Å². The summed E-state index contributed by atoms with van der Waals surface area (Å²) in [5, 5.41) is 4.39. The Morgan fingerprint density at radius 2 is 2.55 bits per heavy atom. The van der Waals surface area contributed by atoms with E-state index in [0.717, 1.165) is 5.13 Å². The number of halogens is 1. The van der Waals surface area contributed by atoms with Gasteiger partial charge in [0.1, 0.15) is 5.00 Å². The number of hydrogen-bond acceptors (Lipinski definition) is 4. The molecule has 0 aliphatic heterocycles. The lowest BCUT2D eigenvalue weighted by Gasteiger charge is -1.97. The van der Waals surface area contributed by atoms with Crippen LogP contribution in [0.4, 0.5) is 14.5 Å². The number of rotatable bonds is 4. The first-order valence-electron chi connectivity index (χ1n) is 3.34. The summed E-state index contributed by atoms with van der Waals surface area (Å²) in [6, 6.07) is 0. The highest BCUT2D eigenvalue weighted by atomic mass is 32.1. The standard InChI is InChI=1S/C6H10FN3S/c7-2-1-3-9-6-10-4-5(8)11-6/h4H,1-3,8H2,(H,9,10). The SMILES string of the molecule is Nc1cnc(NCCCF)s1. The van der Waals surface area contributed by atoms with Gasteiger partial charge in [0.2, 0.25) is 0 Å². The molecule has 3 nitrogen and oxygen atoms in total. The molecular formula is C6H10FN3S. The summed E-state index contributed by atoms with van der Waals surface area (Å²) in [7, 11) is 0. The molecule has 1 rings (SSSR count). The maximum absolute atomic E-state index is 11.6. The van der Waals surface area contributed by atoms with E-state index in [1.807, 2.05) is 0 Å². The van der Waals surface area contributed by atoms with Gasteiger partial charge in [0, 0.05) is 6.54 Å². The normalized spacial score (nSPS) is 9.91. The molecule has 0 saturated heterocycles. The van der Waals surface area contributed by atoms with E-state index >= 15 is 0 Å². The van der Waals surface area contributed by atoms with Crippen molar-refractivity contribution in [2.75, 3.05) is 24.3 Å². The van der Waals surface area contributed by atoms with E-state index < -0.39 is 0 Å². The predicted molar refractivity (Wildman–Crippen MR) is 45.6 cm³/mol. The number of nitrogens with two attached hydrogens (primary N) is 1. The smallest absolute Gasteiger partial charge is 0.184 e. The molecule has 1 aromatic rings. The molecule has 1 aromatic heterocycles. The Kier molecular flexibility index (Phi) is 3.10. The third-order valence-electron chi connectivity index (χ3n) is 1.11. The van der Waals surface area contributed by atoms with Gasteiger partial charge in [-0.3, -0.25) is 4.39 Å². The minimum absolute atomic E-state index is 0.298. The molecule has 0 amide bonds. The number of nitrogens with one attached hydrogen (secondary N) is 1. The van der Waals surface area contributed by atoms with Gasteiger partial charge in [0.15, 0.2) is 5.13 Å². The molecule has 0 spiro atoms. The molecule has 0 fully saturated rings. The van der Waals surface area contributed by atoms with Gasteiger partial charge < -0.3 is 11.1 Å². The first-order valence-corrected chi connectivity index (χ1v) is 4.15. The van der Waals surface area contributed by atoms with E-state index in [9.17, 15) is 4.39 Å². The Bertz CT molecular complexity index is 213. The van der Waals surface area contributed by atoms with E-state index in [2.05, 4.69) is 10.3 Å². The van der Waals surface area contributed by atoms with Gasteiger partial charge in [-0.15, -0.1) is 0 Å². The minimum atomic E-state index is -0.298. The number of thiazole rings is 1. The highest BCUT2D eigenvalue weighted by Crippen LogP contribution is 2.18. The zero-order chi connectivity index (χ0) is 8.10. The summed E-state index contributed by atoms with van der Waals surface area (Å²) >= 11 is 1.37. The van der Waals surface area contributed by atoms with Gasteiger partial charge in [-0.1, -0.05) is 11.3 Å². The van der Waals surface area contributed by atoms with Crippen LogP contribution in [0.1, 0.15) is 6.42 Å². The van der Waals surface area contributed by atoms with Crippen LogP contribution in [0.5, 0.6) is 0 Å². The minimum Gasteiger partial charge on any atom is -0.389 e. The fourth-order valence-electron chi connectivity index (χ4n) is 0.630. The fourth-order valence-corrected chi connectivity index (χ4v) is 1.24. The van der Waals surface area contributed by atoms with Crippen molar-refractivity contribution in [3.63, 3.8) is 0 Å². The van der Waals surface area contributed by atoms with Crippen LogP contribution in [-0.4, -0.2) is 18.2 Å². The Morgan fingerprint density at radius 3 is 3.09 bits per heavy atom. The van der Waals surface area contributed by atoms with Crippen LogP contribution in [-0.2, 0) is 0 Å². The number of anilines is 2. The van der Waals surface area contributed by atoms with Crippen molar-refractivity contribution in [2.24, 2.45) is 0 Å². The van der Waals surface area contributed by atoms with Gasteiger partial charge in [0.05, 0.1) is 12.9 Å². The molecule has 0 unspecified atom stereocenters. The van der Waals surface area contributed by atoms with Crippen molar-refractivity contribution in [3.8, 4) is 0 Å². The van der Waals surface area contributed by atoms with Gasteiger partial charge >= 0.3 is 0 Å². The van der Waals surface area contributed by atoms with Crippen molar-refractivity contribution in [2.45, 2.75) is 6.42 Å². The molecule has 0 aliphatic carbocycles. The van der Waals surface area contributed by atoms with E-state index in [1.165, 1.54) is 11.3 Å². The van der Waals surface area contributed by atoms with Crippen LogP contribution >= 0.6 is 11.3 Å². The summed E-state index contributed by atoms with van der Waals surface area (Å²) < 4.78 is 11.6. The molecule has 0 aromatic carbocycles. The summed E-state index contributed by atoms with van der Waals surface area (Å²) in [6.07, 6.45) is 2.10. The van der Waals surface area contributed by atoms with Gasteiger partial charge in [-0.2, -0.15) is 0 Å². The monoisotopic (exact) mass is 175 g/mol. The number of nitrogen functional groups attached to an aromatic ring is 1. The van der Waals surface area contributed by atoms with Crippen LogP contribution in [0.15, 0.2) is 6.20 Å². The van der Waals surface area contributed by atoms with E-state index in [1.54, 1.807) is 6.20 Å². The van der Waals surface area contributed by atoms with Gasteiger partial charge in [-0.25, -0.2) is 4.98 Å². The third-order valence-corrected chi connectivity index (χ3v) is 1.89. The Hall–Kier alpha value is -0.840. The topological polar surface area (TPSA) is 50.9 Å². The van der Waals surface area contributed by atoms with Gasteiger partial charge in [0.25, 0.3) is 0 Å². The zero-order valence-electron chi connectivity index (χ0n) is 6.01. The maximum atomic E-state index is 11.6. The molecule has 62 valence electrons. The van der Waals surface area contributed by atoms with E-state index in [4.69, 9.17) is 5.73 Å². The molecule has 3 N–H and O–H groups in total. The average Bonchev–Trinajstić information content (AvgIpc) is 2.37. The van der Waals surface area contributed by atoms with Crippen molar-refractivity contribution in [1.29, 1.82) is 0 Å². The van der Waals surface area contributed by atoms with Crippen molar-refractivity contribution < 1.29 is 4.39 Å². The molecule has 0 saturated carbocycles. The van der Waals surface area contributed by atoms with Crippen LogP contribution in [0, 0.1) is 0 Å². The summed E-state index contributed by atoms with van der Waals surface area (Å²) in [5.41, 5.74) is 5.42. The zero-order valence-corrected chi connectivity index (χ0v) is 6.83.